The van der Waals surface area contributed by atoms with Gasteiger partial charge in [-0.05, 0) is 30.9 Å². The van der Waals surface area contributed by atoms with E-state index in [9.17, 15) is 0 Å². The van der Waals surface area contributed by atoms with Crippen LogP contribution in [0.4, 0.5) is 0 Å². The summed E-state index contributed by atoms with van der Waals surface area (Å²) in [4.78, 5) is 0. The first kappa shape index (κ1) is 10.1. The number of aryl methyl sites for hydroxylation is 1. The first-order chi connectivity index (χ1) is 6.13. The van der Waals surface area contributed by atoms with Crippen molar-refractivity contribution in [3.63, 3.8) is 0 Å². The van der Waals surface area contributed by atoms with E-state index in [1.54, 1.807) is 7.11 Å². The van der Waals surface area contributed by atoms with E-state index in [4.69, 9.17) is 4.74 Å². The lowest BCUT2D eigenvalue weighted by Crippen LogP contribution is -1.98. The maximum atomic E-state index is 5.30. The molecule has 0 N–H and O–H groups in total. The third kappa shape index (κ3) is 2.76. The number of methoxy groups -OCH3 is 1. The van der Waals surface area contributed by atoms with Gasteiger partial charge in [-0.1, -0.05) is 31.5 Å². The van der Waals surface area contributed by atoms with Crippen LogP contribution in [0.3, 0.4) is 0 Å². The van der Waals surface area contributed by atoms with Crippen molar-refractivity contribution in [2.24, 2.45) is 5.92 Å². The average Bonchev–Trinajstić information content (AvgIpc) is 2.03. The number of benzene rings is 1. The van der Waals surface area contributed by atoms with Crippen LogP contribution in [0.15, 0.2) is 18.2 Å². The predicted octanol–water partition coefficient (Wildman–Crippen LogP) is 3.20. The highest BCUT2D eigenvalue weighted by molar-refractivity contribution is 5.37. The van der Waals surface area contributed by atoms with Crippen molar-refractivity contribution in [2.45, 2.75) is 27.2 Å². The van der Waals surface area contributed by atoms with Crippen molar-refractivity contribution < 1.29 is 4.74 Å². The van der Waals surface area contributed by atoms with E-state index in [0.717, 1.165) is 12.2 Å². The minimum Gasteiger partial charge on any atom is -0.496 e. The van der Waals surface area contributed by atoms with Crippen LogP contribution < -0.4 is 4.74 Å². The summed E-state index contributed by atoms with van der Waals surface area (Å²) in [5, 5.41) is 0. The summed E-state index contributed by atoms with van der Waals surface area (Å²) in [6, 6.07) is 6.34. The third-order valence-electron chi connectivity index (χ3n) is 2.06. The van der Waals surface area contributed by atoms with Gasteiger partial charge in [0.1, 0.15) is 5.75 Å². The second-order valence-corrected chi connectivity index (χ2v) is 3.91. The molecule has 0 saturated carbocycles. The lowest BCUT2D eigenvalue weighted by Gasteiger charge is -2.11. The molecule has 1 nitrogen and oxygen atoms in total. The van der Waals surface area contributed by atoms with Gasteiger partial charge in [-0.2, -0.15) is 0 Å². The molecule has 1 aromatic carbocycles. The summed E-state index contributed by atoms with van der Waals surface area (Å²) in [5.74, 6) is 1.69. The Bertz CT molecular complexity index is 276. The fraction of sp³-hybridized carbons (Fsp3) is 0.500. The van der Waals surface area contributed by atoms with Crippen molar-refractivity contribution in [3.8, 4) is 5.75 Å². The SMILES string of the molecule is COc1ccc(C)cc1CC(C)C. The van der Waals surface area contributed by atoms with Gasteiger partial charge in [0.15, 0.2) is 0 Å². The molecule has 1 rings (SSSR count). The van der Waals surface area contributed by atoms with Gasteiger partial charge in [0.05, 0.1) is 7.11 Å². The Hall–Kier alpha value is -0.980. The van der Waals surface area contributed by atoms with Gasteiger partial charge in [-0.25, -0.2) is 0 Å². The Kier molecular flexibility index (Phi) is 3.35. The Morgan fingerprint density at radius 3 is 2.54 bits per heavy atom. The van der Waals surface area contributed by atoms with Crippen LogP contribution in [0.25, 0.3) is 0 Å². The van der Waals surface area contributed by atoms with Gasteiger partial charge in [0.2, 0.25) is 0 Å². The molecule has 0 unspecified atom stereocenters. The molecule has 72 valence electrons. The number of hydrogen-bond donors (Lipinski definition) is 0. The second kappa shape index (κ2) is 4.31. The fourth-order valence-electron chi connectivity index (χ4n) is 1.51. The molecule has 0 spiro atoms. The normalized spacial score (nSPS) is 10.5. The molecule has 0 aliphatic rings. The molecule has 0 fully saturated rings. The van der Waals surface area contributed by atoms with E-state index in [-0.39, 0.29) is 0 Å². The van der Waals surface area contributed by atoms with Gasteiger partial charge in [0, 0.05) is 0 Å². The molecular weight excluding hydrogens is 160 g/mol. The summed E-state index contributed by atoms with van der Waals surface area (Å²) in [6.07, 6.45) is 1.09. The Morgan fingerprint density at radius 1 is 1.31 bits per heavy atom. The van der Waals surface area contributed by atoms with E-state index in [1.807, 2.05) is 6.07 Å². The molecule has 0 aliphatic heterocycles. The number of ether oxygens (including phenoxy) is 1. The quantitative estimate of drug-likeness (QED) is 0.690. The molecule has 0 saturated heterocycles. The van der Waals surface area contributed by atoms with E-state index in [1.165, 1.54) is 11.1 Å². The van der Waals surface area contributed by atoms with E-state index >= 15 is 0 Å². The fourth-order valence-corrected chi connectivity index (χ4v) is 1.51. The minimum atomic E-state index is 0.677. The summed E-state index contributed by atoms with van der Waals surface area (Å²) in [5.41, 5.74) is 2.62. The van der Waals surface area contributed by atoms with Crippen LogP contribution in [0.1, 0.15) is 25.0 Å². The molecule has 0 heterocycles. The highest BCUT2D eigenvalue weighted by atomic mass is 16.5. The van der Waals surface area contributed by atoms with Crippen molar-refractivity contribution in [1.82, 2.24) is 0 Å². The first-order valence-electron chi connectivity index (χ1n) is 4.77. The summed E-state index contributed by atoms with van der Waals surface area (Å²) in [7, 11) is 1.73. The molecule has 0 aliphatic carbocycles. The van der Waals surface area contributed by atoms with E-state index in [0.29, 0.717) is 5.92 Å². The molecule has 1 heteroatoms. The van der Waals surface area contributed by atoms with Gasteiger partial charge in [-0.3, -0.25) is 0 Å². The van der Waals surface area contributed by atoms with Crippen LogP contribution in [0.2, 0.25) is 0 Å². The van der Waals surface area contributed by atoms with Crippen molar-refractivity contribution in [3.05, 3.63) is 29.3 Å². The molecule has 0 bridgehead atoms. The zero-order valence-electron chi connectivity index (χ0n) is 8.92. The van der Waals surface area contributed by atoms with Gasteiger partial charge < -0.3 is 4.74 Å². The maximum Gasteiger partial charge on any atom is 0.122 e. The maximum absolute atomic E-state index is 5.30. The summed E-state index contributed by atoms with van der Waals surface area (Å²) < 4.78 is 5.30. The molecule has 0 aromatic heterocycles. The summed E-state index contributed by atoms with van der Waals surface area (Å²) in [6.45, 7) is 6.56. The highest BCUT2D eigenvalue weighted by Gasteiger charge is 2.04. The third-order valence-corrected chi connectivity index (χ3v) is 2.06. The standard InChI is InChI=1S/C12H18O/c1-9(2)7-11-8-10(3)5-6-12(11)13-4/h5-6,8-9H,7H2,1-4H3. The van der Waals surface area contributed by atoms with Gasteiger partial charge in [0.25, 0.3) is 0 Å². The Morgan fingerprint density at radius 2 is 2.00 bits per heavy atom. The Labute approximate surface area is 80.7 Å². The van der Waals surface area contributed by atoms with Crippen molar-refractivity contribution in [2.75, 3.05) is 7.11 Å². The minimum absolute atomic E-state index is 0.677. The predicted molar refractivity (Wildman–Crippen MR) is 56.3 cm³/mol. The van der Waals surface area contributed by atoms with Crippen LogP contribution in [0, 0.1) is 12.8 Å². The van der Waals surface area contributed by atoms with Gasteiger partial charge in [-0.15, -0.1) is 0 Å². The first-order valence-corrected chi connectivity index (χ1v) is 4.77. The lowest BCUT2D eigenvalue weighted by molar-refractivity contribution is 0.406. The van der Waals surface area contributed by atoms with Gasteiger partial charge >= 0.3 is 0 Å². The van der Waals surface area contributed by atoms with Crippen LogP contribution >= 0.6 is 0 Å². The molecule has 0 radical (unpaired) electrons. The second-order valence-electron chi connectivity index (χ2n) is 3.91. The molecule has 0 amide bonds. The zero-order chi connectivity index (χ0) is 9.84. The van der Waals surface area contributed by atoms with Crippen molar-refractivity contribution >= 4 is 0 Å². The highest BCUT2D eigenvalue weighted by Crippen LogP contribution is 2.22. The van der Waals surface area contributed by atoms with Crippen LogP contribution in [-0.4, -0.2) is 7.11 Å². The average molecular weight is 178 g/mol. The smallest absolute Gasteiger partial charge is 0.122 e. The Balaban J connectivity index is 2.94. The zero-order valence-corrected chi connectivity index (χ0v) is 8.92. The number of rotatable bonds is 3. The van der Waals surface area contributed by atoms with E-state index in [2.05, 4.69) is 32.9 Å². The van der Waals surface area contributed by atoms with Crippen LogP contribution in [0.5, 0.6) is 5.75 Å². The molecular formula is C12H18O. The monoisotopic (exact) mass is 178 g/mol. The molecule has 13 heavy (non-hydrogen) atoms. The molecule has 0 atom stereocenters. The topological polar surface area (TPSA) is 9.23 Å². The number of hydrogen-bond acceptors (Lipinski definition) is 1. The largest absolute Gasteiger partial charge is 0.496 e. The van der Waals surface area contributed by atoms with E-state index < -0.39 is 0 Å². The summed E-state index contributed by atoms with van der Waals surface area (Å²) >= 11 is 0. The molecule has 1 aromatic rings. The van der Waals surface area contributed by atoms with Crippen molar-refractivity contribution in [1.29, 1.82) is 0 Å². The lowest BCUT2D eigenvalue weighted by atomic mass is 10.0. The van der Waals surface area contributed by atoms with Crippen LogP contribution in [-0.2, 0) is 6.42 Å².